The third-order valence-corrected chi connectivity index (χ3v) is 4.31. The number of amides is 1. The molecule has 2 heterocycles. The number of nitrogens with one attached hydrogen (secondary N) is 2. The molecule has 0 spiro atoms. The predicted molar refractivity (Wildman–Crippen MR) is 71.2 cm³/mol. The first-order valence-electron chi connectivity index (χ1n) is 6.21. The van der Waals surface area contributed by atoms with Gasteiger partial charge in [-0.25, -0.2) is 9.78 Å². The van der Waals surface area contributed by atoms with Crippen LogP contribution in [0, 0.1) is 5.92 Å². The number of carboxylic acid groups (broad SMARTS) is 1. The zero-order chi connectivity index (χ0) is 14.0. The van der Waals surface area contributed by atoms with Gasteiger partial charge in [0.05, 0.1) is 12.1 Å². The minimum atomic E-state index is -1.05. The summed E-state index contributed by atoms with van der Waals surface area (Å²) in [6.07, 6.45) is 0.993. The lowest BCUT2D eigenvalue weighted by atomic mass is 10.0. The molecular weight excluding hydrogens is 266 g/mol. The Labute approximate surface area is 115 Å². The molecule has 0 radical (unpaired) electrons. The SMILES string of the molecule is CC(NC(=O)C1NCCC1C)c1nc(C(=O)O)cs1. The topological polar surface area (TPSA) is 91.3 Å². The summed E-state index contributed by atoms with van der Waals surface area (Å²) in [6, 6.07) is -0.443. The molecule has 1 fully saturated rings. The van der Waals surface area contributed by atoms with Crippen LogP contribution in [-0.4, -0.2) is 34.6 Å². The fourth-order valence-electron chi connectivity index (χ4n) is 2.14. The number of carbonyl (C=O) groups excluding carboxylic acids is 1. The maximum absolute atomic E-state index is 12.1. The summed E-state index contributed by atoms with van der Waals surface area (Å²) in [5.41, 5.74) is 0.0217. The van der Waals surface area contributed by atoms with Crippen LogP contribution in [0.3, 0.4) is 0 Å². The Morgan fingerprint density at radius 1 is 1.63 bits per heavy atom. The van der Waals surface area contributed by atoms with Crippen LogP contribution in [0.25, 0.3) is 0 Å². The van der Waals surface area contributed by atoms with Gasteiger partial charge in [-0.3, -0.25) is 4.79 Å². The van der Waals surface area contributed by atoms with Crippen molar-refractivity contribution in [1.29, 1.82) is 0 Å². The van der Waals surface area contributed by atoms with Gasteiger partial charge >= 0.3 is 5.97 Å². The maximum atomic E-state index is 12.1. The normalized spacial score (nSPS) is 24.1. The van der Waals surface area contributed by atoms with Crippen molar-refractivity contribution >= 4 is 23.2 Å². The third-order valence-electron chi connectivity index (χ3n) is 3.29. The van der Waals surface area contributed by atoms with Crippen LogP contribution in [0.15, 0.2) is 5.38 Å². The summed E-state index contributed by atoms with van der Waals surface area (Å²) >= 11 is 1.24. The summed E-state index contributed by atoms with van der Waals surface area (Å²) < 4.78 is 0. The van der Waals surface area contributed by atoms with Gasteiger partial charge in [-0.2, -0.15) is 0 Å². The fourth-order valence-corrected chi connectivity index (χ4v) is 2.94. The quantitative estimate of drug-likeness (QED) is 0.767. The van der Waals surface area contributed by atoms with Gasteiger partial charge in [0.1, 0.15) is 5.01 Å². The molecule has 0 aromatic carbocycles. The summed E-state index contributed by atoms with van der Waals surface area (Å²) in [4.78, 5) is 26.8. The van der Waals surface area contributed by atoms with E-state index in [1.165, 1.54) is 16.7 Å². The Hall–Kier alpha value is -1.47. The van der Waals surface area contributed by atoms with Crippen molar-refractivity contribution in [2.75, 3.05) is 6.54 Å². The molecule has 0 aliphatic carbocycles. The minimum Gasteiger partial charge on any atom is -0.476 e. The first-order valence-corrected chi connectivity index (χ1v) is 7.09. The number of aromatic carboxylic acids is 1. The largest absolute Gasteiger partial charge is 0.476 e. The number of carbonyl (C=O) groups is 2. The highest BCUT2D eigenvalue weighted by molar-refractivity contribution is 7.09. The van der Waals surface area contributed by atoms with Crippen LogP contribution in [0.5, 0.6) is 0 Å². The minimum absolute atomic E-state index is 0.0217. The van der Waals surface area contributed by atoms with Gasteiger partial charge in [-0.15, -0.1) is 11.3 Å². The molecule has 6 nitrogen and oxygen atoms in total. The Morgan fingerprint density at radius 3 is 2.89 bits per heavy atom. The van der Waals surface area contributed by atoms with Crippen LogP contribution in [-0.2, 0) is 4.79 Å². The molecule has 0 bridgehead atoms. The Morgan fingerprint density at radius 2 is 2.37 bits per heavy atom. The lowest BCUT2D eigenvalue weighted by Crippen LogP contribution is -2.44. The van der Waals surface area contributed by atoms with Crippen LogP contribution in [0.2, 0.25) is 0 Å². The van der Waals surface area contributed by atoms with E-state index >= 15 is 0 Å². The molecule has 1 aromatic heterocycles. The number of thiazole rings is 1. The Balaban J connectivity index is 1.98. The smallest absolute Gasteiger partial charge is 0.355 e. The van der Waals surface area contributed by atoms with E-state index in [0.717, 1.165) is 13.0 Å². The van der Waals surface area contributed by atoms with Gasteiger partial charge in [-0.05, 0) is 25.8 Å². The monoisotopic (exact) mass is 283 g/mol. The number of hydrogen-bond acceptors (Lipinski definition) is 5. The van der Waals surface area contributed by atoms with E-state index in [4.69, 9.17) is 5.11 Å². The van der Waals surface area contributed by atoms with E-state index in [0.29, 0.717) is 10.9 Å². The molecule has 1 saturated heterocycles. The number of hydrogen-bond donors (Lipinski definition) is 3. The van der Waals surface area contributed by atoms with Gasteiger partial charge in [0.15, 0.2) is 5.69 Å². The van der Waals surface area contributed by atoms with Crippen molar-refractivity contribution in [3.05, 3.63) is 16.1 Å². The molecule has 1 aromatic rings. The summed E-state index contributed by atoms with van der Waals surface area (Å²) in [7, 11) is 0. The average molecular weight is 283 g/mol. The van der Waals surface area contributed by atoms with E-state index < -0.39 is 5.97 Å². The van der Waals surface area contributed by atoms with Crippen LogP contribution in [0.4, 0.5) is 0 Å². The van der Waals surface area contributed by atoms with Crippen molar-refractivity contribution < 1.29 is 14.7 Å². The summed E-state index contributed by atoms with van der Waals surface area (Å²) in [5, 5.41) is 16.9. The molecule has 19 heavy (non-hydrogen) atoms. The second kappa shape index (κ2) is 5.66. The predicted octanol–water partition coefficient (Wildman–Crippen LogP) is 1.02. The number of aromatic nitrogens is 1. The molecular formula is C12H17N3O3S. The lowest BCUT2D eigenvalue weighted by molar-refractivity contribution is -0.124. The van der Waals surface area contributed by atoms with Crippen molar-refractivity contribution in [2.24, 2.45) is 5.92 Å². The van der Waals surface area contributed by atoms with Crippen molar-refractivity contribution in [3.8, 4) is 0 Å². The molecule has 1 amide bonds. The second-order valence-corrected chi connectivity index (χ2v) is 5.69. The number of carboxylic acids is 1. The fraction of sp³-hybridized carbons (Fsp3) is 0.583. The average Bonchev–Trinajstić information content (AvgIpc) is 2.96. The standard InChI is InChI=1S/C12H17N3O3S/c1-6-3-4-13-9(6)10(16)14-7(2)11-15-8(5-19-11)12(17)18/h5-7,9,13H,3-4H2,1-2H3,(H,14,16)(H,17,18). The highest BCUT2D eigenvalue weighted by Gasteiger charge is 2.30. The van der Waals surface area contributed by atoms with Crippen molar-refractivity contribution in [3.63, 3.8) is 0 Å². The maximum Gasteiger partial charge on any atom is 0.355 e. The molecule has 3 N–H and O–H groups in total. The number of nitrogens with zero attached hydrogens (tertiary/aromatic N) is 1. The number of rotatable bonds is 4. The van der Waals surface area contributed by atoms with Gasteiger partial charge < -0.3 is 15.7 Å². The van der Waals surface area contributed by atoms with Crippen LogP contribution >= 0.6 is 11.3 Å². The molecule has 3 atom stereocenters. The third kappa shape index (κ3) is 3.10. The van der Waals surface area contributed by atoms with Gasteiger partial charge in [-0.1, -0.05) is 6.92 Å². The van der Waals surface area contributed by atoms with E-state index in [2.05, 4.69) is 15.6 Å². The van der Waals surface area contributed by atoms with Crippen molar-refractivity contribution in [1.82, 2.24) is 15.6 Å². The van der Waals surface area contributed by atoms with E-state index in [1.54, 1.807) is 0 Å². The highest BCUT2D eigenvalue weighted by Crippen LogP contribution is 2.20. The molecule has 3 unspecified atom stereocenters. The lowest BCUT2D eigenvalue weighted by Gasteiger charge is -2.18. The molecule has 7 heteroatoms. The van der Waals surface area contributed by atoms with E-state index in [1.807, 2.05) is 13.8 Å². The molecule has 1 aliphatic rings. The summed E-state index contributed by atoms with van der Waals surface area (Å²) in [5.74, 6) is -0.783. The first-order chi connectivity index (χ1) is 8.99. The second-order valence-electron chi connectivity index (χ2n) is 4.80. The van der Waals surface area contributed by atoms with E-state index in [9.17, 15) is 9.59 Å². The zero-order valence-electron chi connectivity index (χ0n) is 10.8. The van der Waals surface area contributed by atoms with Crippen LogP contribution in [0.1, 0.15) is 41.8 Å². The van der Waals surface area contributed by atoms with Crippen molar-refractivity contribution in [2.45, 2.75) is 32.4 Å². The first kappa shape index (κ1) is 14.0. The molecule has 1 aliphatic heterocycles. The Bertz CT molecular complexity index is 488. The molecule has 2 rings (SSSR count). The highest BCUT2D eigenvalue weighted by atomic mass is 32.1. The molecule has 104 valence electrons. The molecule has 0 saturated carbocycles. The van der Waals surface area contributed by atoms with Crippen LogP contribution < -0.4 is 10.6 Å². The van der Waals surface area contributed by atoms with Gasteiger partial charge in [0.2, 0.25) is 5.91 Å². The Kier molecular flexibility index (Phi) is 4.16. The van der Waals surface area contributed by atoms with Gasteiger partial charge in [0, 0.05) is 5.38 Å². The van der Waals surface area contributed by atoms with E-state index in [-0.39, 0.29) is 23.7 Å². The zero-order valence-corrected chi connectivity index (χ0v) is 11.7. The van der Waals surface area contributed by atoms with Gasteiger partial charge in [0.25, 0.3) is 0 Å². The summed E-state index contributed by atoms with van der Waals surface area (Å²) in [6.45, 7) is 4.71.